The van der Waals surface area contributed by atoms with Crippen molar-refractivity contribution in [1.82, 2.24) is 4.90 Å². The minimum absolute atomic E-state index is 0.286. The second kappa shape index (κ2) is 5.65. The van der Waals surface area contributed by atoms with Crippen molar-refractivity contribution in [3.63, 3.8) is 0 Å². The molecule has 1 aliphatic rings. The Morgan fingerprint density at radius 2 is 1.82 bits per heavy atom. The first kappa shape index (κ1) is 12.6. The van der Waals surface area contributed by atoms with E-state index in [1.165, 1.54) is 31.2 Å². The Kier molecular flexibility index (Phi) is 4.19. The van der Waals surface area contributed by atoms with Crippen molar-refractivity contribution in [3.8, 4) is 0 Å². The third kappa shape index (κ3) is 2.88. The van der Waals surface area contributed by atoms with Crippen LogP contribution in [0.2, 0.25) is 0 Å². The zero-order valence-corrected chi connectivity index (χ0v) is 10.9. The molecule has 0 spiro atoms. The summed E-state index contributed by atoms with van der Waals surface area (Å²) in [5.41, 5.74) is 7.70. The zero-order valence-electron chi connectivity index (χ0n) is 10.9. The van der Waals surface area contributed by atoms with Crippen molar-refractivity contribution in [1.29, 1.82) is 0 Å². The summed E-state index contributed by atoms with van der Waals surface area (Å²) in [4.78, 5) is 2.49. The Morgan fingerprint density at radius 1 is 1.18 bits per heavy atom. The smallest absolute Gasteiger partial charge is 0.0328 e. The zero-order chi connectivity index (χ0) is 12.1. The molecule has 17 heavy (non-hydrogen) atoms. The summed E-state index contributed by atoms with van der Waals surface area (Å²) in [5, 5.41) is 0. The highest BCUT2D eigenvalue weighted by Gasteiger charge is 2.35. The van der Waals surface area contributed by atoms with Gasteiger partial charge in [-0.3, -0.25) is 4.90 Å². The van der Waals surface area contributed by atoms with Gasteiger partial charge in [0.1, 0.15) is 0 Å². The molecule has 1 fully saturated rings. The van der Waals surface area contributed by atoms with Crippen molar-refractivity contribution < 1.29 is 0 Å². The van der Waals surface area contributed by atoms with Gasteiger partial charge in [-0.25, -0.2) is 0 Å². The Morgan fingerprint density at radius 3 is 2.41 bits per heavy atom. The summed E-state index contributed by atoms with van der Waals surface area (Å²) < 4.78 is 0. The summed E-state index contributed by atoms with van der Waals surface area (Å²) in [7, 11) is 2.24. The highest BCUT2D eigenvalue weighted by Crippen LogP contribution is 2.33. The maximum absolute atomic E-state index is 6.00. The molecule has 0 aromatic heterocycles. The van der Waals surface area contributed by atoms with E-state index in [2.05, 4.69) is 42.3 Å². The fourth-order valence-electron chi connectivity index (χ4n) is 2.95. The number of rotatable bonds is 5. The lowest BCUT2D eigenvalue weighted by atomic mass is 9.95. The van der Waals surface area contributed by atoms with Crippen LogP contribution in [0.5, 0.6) is 0 Å². The summed E-state index contributed by atoms with van der Waals surface area (Å²) in [6, 6.07) is 10.7. The van der Waals surface area contributed by atoms with Gasteiger partial charge in [-0.2, -0.15) is 0 Å². The van der Waals surface area contributed by atoms with Gasteiger partial charge in [-0.15, -0.1) is 0 Å². The Bertz CT molecular complexity index is 328. The van der Waals surface area contributed by atoms with Crippen molar-refractivity contribution in [2.45, 2.75) is 37.6 Å². The summed E-state index contributed by atoms with van der Waals surface area (Å²) in [6.07, 6.45) is 6.35. The predicted molar refractivity (Wildman–Crippen MR) is 73.0 cm³/mol. The van der Waals surface area contributed by atoms with Crippen LogP contribution < -0.4 is 5.73 Å². The first-order valence-corrected chi connectivity index (χ1v) is 6.72. The van der Waals surface area contributed by atoms with Crippen LogP contribution in [0.25, 0.3) is 0 Å². The van der Waals surface area contributed by atoms with E-state index in [1.807, 2.05) is 0 Å². The molecule has 0 radical (unpaired) electrons. The van der Waals surface area contributed by atoms with Crippen LogP contribution in [-0.4, -0.2) is 30.6 Å². The Labute approximate surface area is 105 Å². The molecule has 1 aliphatic carbocycles. The van der Waals surface area contributed by atoms with Crippen LogP contribution in [0.15, 0.2) is 30.3 Å². The molecule has 2 heteroatoms. The highest BCUT2D eigenvalue weighted by atomic mass is 15.2. The third-order valence-electron chi connectivity index (χ3n) is 4.30. The molecule has 0 heterocycles. The van der Waals surface area contributed by atoms with Gasteiger partial charge in [0.2, 0.25) is 0 Å². The molecule has 2 N–H and O–H groups in total. The van der Waals surface area contributed by atoms with Crippen molar-refractivity contribution in [3.05, 3.63) is 35.9 Å². The lowest BCUT2D eigenvalue weighted by Crippen LogP contribution is -2.50. The van der Waals surface area contributed by atoms with Gasteiger partial charge in [-0.05, 0) is 31.9 Å². The van der Waals surface area contributed by atoms with E-state index in [4.69, 9.17) is 5.73 Å². The molecule has 0 atom stereocenters. The van der Waals surface area contributed by atoms with Crippen LogP contribution >= 0.6 is 0 Å². The normalized spacial score (nSPS) is 18.8. The van der Waals surface area contributed by atoms with E-state index >= 15 is 0 Å². The van der Waals surface area contributed by atoms with Gasteiger partial charge < -0.3 is 5.73 Å². The van der Waals surface area contributed by atoms with E-state index in [-0.39, 0.29) is 5.54 Å². The molecule has 0 amide bonds. The molecule has 2 nitrogen and oxygen atoms in total. The van der Waals surface area contributed by atoms with Gasteiger partial charge >= 0.3 is 0 Å². The van der Waals surface area contributed by atoms with Gasteiger partial charge in [0.15, 0.2) is 0 Å². The SMILES string of the molecule is CN(CCc1ccccc1)C1(CN)CCCC1. The first-order valence-electron chi connectivity index (χ1n) is 6.72. The summed E-state index contributed by atoms with van der Waals surface area (Å²) >= 11 is 0. The number of hydrogen-bond donors (Lipinski definition) is 1. The number of benzene rings is 1. The molecular formula is C15H24N2. The Balaban J connectivity index is 1.90. The van der Waals surface area contributed by atoms with Gasteiger partial charge in [0.25, 0.3) is 0 Å². The van der Waals surface area contributed by atoms with E-state index in [0.29, 0.717) is 0 Å². The minimum Gasteiger partial charge on any atom is -0.329 e. The molecule has 1 aromatic rings. The van der Waals surface area contributed by atoms with Gasteiger partial charge in [0.05, 0.1) is 0 Å². The monoisotopic (exact) mass is 232 g/mol. The average Bonchev–Trinajstić information content (AvgIpc) is 2.87. The first-order chi connectivity index (χ1) is 8.27. The fourth-order valence-corrected chi connectivity index (χ4v) is 2.95. The van der Waals surface area contributed by atoms with Crippen molar-refractivity contribution >= 4 is 0 Å². The van der Waals surface area contributed by atoms with E-state index in [0.717, 1.165) is 19.5 Å². The van der Waals surface area contributed by atoms with E-state index in [9.17, 15) is 0 Å². The number of nitrogens with zero attached hydrogens (tertiary/aromatic N) is 1. The summed E-state index contributed by atoms with van der Waals surface area (Å²) in [6.45, 7) is 1.92. The predicted octanol–water partition coefficient (Wildman–Crippen LogP) is 2.43. The maximum atomic E-state index is 6.00. The molecule has 0 saturated heterocycles. The Hall–Kier alpha value is -0.860. The van der Waals surface area contributed by atoms with Crippen LogP contribution in [0.3, 0.4) is 0 Å². The molecule has 1 saturated carbocycles. The van der Waals surface area contributed by atoms with Gasteiger partial charge in [-0.1, -0.05) is 43.2 Å². The second-order valence-corrected chi connectivity index (χ2v) is 5.29. The second-order valence-electron chi connectivity index (χ2n) is 5.29. The van der Waals surface area contributed by atoms with Crippen LogP contribution in [0.1, 0.15) is 31.2 Å². The van der Waals surface area contributed by atoms with Crippen LogP contribution in [-0.2, 0) is 6.42 Å². The molecule has 0 unspecified atom stereocenters. The number of likely N-dealkylation sites (N-methyl/N-ethyl adjacent to an activating group) is 1. The third-order valence-corrected chi connectivity index (χ3v) is 4.30. The van der Waals surface area contributed by atoms with Crippen LogP contribution in [0, 0.1) is 0 Å². The highest BCUT2D eigenvalue weighted by molar-refractivity contribution is 5.15. The molecule has 0 bridgehead atoms. The molecule has 1 aromatic carbocycles. The largest absolute Gasteiger partial charge is 0.329 e. The van der Waals surface area contributed by atoms with E-state index < -0.39 is 0 Å². The van der Waals surface area contributed by atoms with Gasteiger partial charge in [0, 0.05) is 18.6 Å². The van der Waals surface area contributed by atoms with E-state index in [1.54, 1.807) is 0 Å². The maximum Gasteiger partial charge on any atom is 0.0328 e. The molecule has 2 rings (SSSR count). The van der Waals surface area contributed by atoms with Crippen molar-refractivity contribution in [2.24, 2.45) is 5.73 Å². The molecular weight excluding hydrogens is 208 g/mol. The average molecular weight is 232 g/mol. The minimum atomic E-state index is 0.286. The fraction of sp³-hybridized carbons (Fsp3) is 0.600. The van der Waals surface area contributed by atoms with Crippen molar-refractivity contribution in [2.75, 3.05) is 20.1 Å². The quantitative estimate of drug-likeness (QED) is 0.845. The van der Waals surface area contributed by atoms with Crippen LogP contribution in [0.4, 0.5) is 0 Å². The number of hydrogen-bond acceptors (Lipinski definition) is 2. The lowest BCUT2D eigenvalue weighted by Gasteiger charge is -2.38. The number of nitrogens with two attached hydrogens (primary N) is 1. The molecule has 0 aliphatic heterocycles. The standard InChI is InChI=1S/C15H24N2/c1-17(15(13-16)10-5-6-11-15)12-9-14-7-3-2-4-8-14/h2-4,7-8H,5-6,9-13,16H2,1H3. The molecule has 94 valence electrons. The topological polar surface area (TPSA) is 29.3 Å². The summed E-state index contributed by atoms with van der Waals surface area (Å²) in [5.74, 6) is 0. The lowest BCUT2D eigenvalue weighted by molar-refractivity contribution is 0.133.